The fraction of sp³-hybridized carbons (Fsp3) is 0.261. The van der Waals surface area contributed by atoms with Gasteiger partial charge in [0.15, 0.2) is 6.61 Å². The highest BCUT2D eigenvalue weighted by Crippen LogP contribution is 2.17. The van der Waals surface area contributed by atoms with E-state index in [1.54, 1.807) is 48.5 Å². The summed E-state index contributed by atoms with van der Waals surface area (Å²) in [7, 11) is 0. The van der Waals surface area contributed by atoms with E-state index in [2.05, 4.69) is 26.6 Å². The number of nitriles is 1. The van der Waals surface area contributed by atoms with Crippen LogP contribution in [0, 0.1) is 11.3 Å². The van der Waals surface area contributed by atoms with Gasteiger partial charge >= 0.3 is 0 Å². The molecule has 1 aliphatic heterocycles. The predicted octanol–water partition coefficient (Wildman–Crippen LogP) is 3.67. The molecule has 2 amide bonds. The van der Waals surface area contributed by atoms with Crippen LogP contribution < -0.4 is 15.4 Å². The van der Waals surface area contributed by atoms with Crippen LogP contribution >= 0.6 is 15.9 Å². The van der Waals surface area contributed by atoms with Crippen molar-refractivity contribution in [2.75, 3.05) is 25.1 Å². The first-order valence-corrected chi connectivity index (χ1v) is 10.6. The molecule has 2 N–H and O–H groups in total. The zero-order valence-corrected chi connectivity index (χ0v) is 18.4. The van der Waals surface area contributed by atoms with Gasteiger partial charge in [-0.15, -0.1) is 0 Å². The molecule has 1 saturated heterocycles. The zero-order chi connectivity index (χ0) is 22.1. The maximum absolute atomic E-state index is 12.3. The topological polar surface area (TPSA) is 100 Å². The lowest BCUT2D eigenvalue weighted by atomic mass is 10.1. The molecule has 2 aromatic rings. The molecule has 31 heavy (non-hydrogen) atoms. The van der Waals surface area contributed by atoms with E-state index in [0.717, 1.165) is 23.9 Å². The van der Waals surface area contributed by atoms with Gasteiger partial charge in [0.25, 0.3) is 11.8 Å². The van der Waals surface area contributed by atoms with Crippen molar-refractivity contribution in [1.82, 2.24) is 5.32 Å². The Morgan fingerprint density at radius 1 is 1.19 bits per heavy atom. The van der Waals surface area contributed by atoms with Gasteiger partial charge < -0.3 is 20.1 Å². The maximum Gasteiger partial charge on any atom is 0.266 e. The number of benzene rings is 2. The van der Waals surface area contributed by atoms with Crippen LogP contribution in [0.4, 0.5) is 5.69 Å². The van der Waals surface area contributed by atoms with Crippen LogP contribution in [0.1, 0.15) is 18.4 Å². The molecule has 160 valence electrons. The summed E-state index contributed by atoms with van der Waals surface area (Å²) in [5.74, 6) is -0.189. The summed E-state index contributed by atoms with van der Waals surface area (Å²) in [6, 6.07) is 15.8. The van der Waals surface area contributed by atoms with Crippen LogP contribution in [0.25, 0.3) is 6.08 Å². The van der Waals surface area contributed by atoms with Crippen molar-refractivity contribution in [3.8, 4) is 11.8 Å². The summed E-state index contributed by atoms with van der Waals surface area (Å²) in [5.41, 5.74) is 1.23. The van der Waals surface area contributed by atoms with Crippen LogP contribution in [0.2, 0.25) is 0 Å². The molecule has 0 saturated carbocycles. The number of hydrogen-bond acceptors (Lipinski definition) is 5. The highest BCUT2D eigenvalue weighted by atomic mass is 79.9. The van der Waals surface area contributed by atoms with E-state index in [0.29, 0.717) is 23.5 Å². The molecule has 0 spiro atoms. The summed E-state index contributed by atoms with van der Waals surface area (Å²) in [6.45, 7) is 1.14. The Bertz CT molecular complexity index is 975. The minimum atomic E-state index is -0.493. The minimum absolute atomic E-state index is 0.0231. The molecule has 0 aliphatic carbocycles. The molecule has 7 nitrogen and oxygen atoms in total. The lowest BCUT2D eigenvalue weighted by Crippen LogP contribution is -2.35. The number of amides is 2. The second kappa shape index (κ2) is 11.3. The largest absolute Gasteiger partial charge is 0.484 e. The summed E-state index contributed by atoms with van der Waals surface area (Å²) in [6.07, 6.45) is 3.57. The van der Waals surface area contributed by atoms with E-state index in [9.17, 15) is 14.9 Å². The van der Waals surface area contributed by atoms with Crippen molar-refractivity contribution in [3.05, 3.63) is 64.1 Å². The van der Waals surface area contributed by atoms with Gasteiger partial charge in [-0.25, -0.2) is 0 Å². The van der Waals surface area contributed by atoms with Gasteiger partial charge in [-0.2, -0.15) is 5.26 Å². The first-order chi connectivity index (χ1) is 15.0. The average Bonchev–Trinajstić information content (AvgIpc) is 3.30. The summed E-state index contributed by atoms with van der Waals surface area (Å²) in [5, 5.41) is 14.8. The van der Waals surface area contributed by atoms with E-state index in [-0.39, 0.29) is 24.2 Å². The van der Waals surface area contributed by atoms with Gasteiger partial charge in [0.05, 0.1) is 6.10 Å². The second-order valence-corrected chi connectivity index (χ2v) is 7.84. The molecule has 2 aromatic carbocycles. The quantitative estimate of drug-likeness (QED) is 0.440. The summed E-state index contributed by atoms with van der Waals surface area (Å²) < 4.78 is 11.8. The van der Waals surface area contributed by atoms with Crippen molar-refractivity contribution in [3.63, 3.8) is 0 Å². The molecule has 0 unspecified atom stereocenters. The van der Waals surface area contributed by atoms with Gasteiger partial charge in [-0.1, -0.05) is 28.1 Å². The Balaban J connectivity index is 1.51. The molecule has 1 atom stereocenters. The summed E-state index contributed by atoms with van der Waals surface area (Å²) in [4.78, 5) is 24.2. The van der Waals surface area contributed by atoms with Crippen LogP contribution in [0.3, 0.4) is 0 Å². The van der Waals surface area contributed by atoms with Crippen LogP contribution in [-0.2, 0) is 14.3 Å². The van der Waals surface area contributed by atoms with Crippen LogP contribution in [0.5, 0.6) is 5.75 Å². The smallest absolute Gasteiger partial charge is 0.266 e. The third-order valence-corrected chi connectivity index (χ3v) is 5.11. The Kier molecular flexibility index (Phi) is 8.21. The summed E-state index contributed by atoms with van der Waals surface area (Å²) >= 11 is 3.33. The van der Waals surface area contributed by atoms with Gasteiger partial charge in [0.1, 0.15) is 17.4 Å². The number of rotatable bonds is 8. The number of hydrogen-bond donors (Lipinski definition) is 2. The van der Waals surface area contributed by atoms with Crippen molar-refractivity contribution in [1.29, 1.82) is 5.26 Å². The van der Waals surface area contributed by atoms with Crippen LogP contribution in [-0.4, -0.2) is 37.7 Å². The SMILES string of the molecule is N#C/C(=C\c1ccc(OCC(=O)NC[C@H]2CCCO2)cc1)C(=O)Nc1ccc(Br)cc1. The van der Waals surface area contributed by atoms with Crippen molar-refractivity contribution in [2.24, 2.45) is 0 Å². The molecule has 1 aliphatic rings. The molecule has 0 aromatic heterocycles. The fourth-order valence-corrected chi connectivity index (χ4v) is 3.20. The highest BCUT2D eigenvalue weighted by molar-refractivity contribution is 9.10. The third-order valence-electron chi connectivity index (χ3n) is 4.58. The molecule has 0 bridgehead atoms. The predicted molar refractivity (Wildman–Crippen MR) is 120 cm³/mol. The molecular formula is C23H22BrN3O4. The van der Waals surface area contributed by atoms with Gasteiger partial charge in [-0.05, 0) is 60.9 Å². The fourth-order valence-electron chi connectivity index (χ4n) is 2.94. The normalized spacial score (nSPS) is 15.7. The molecule has 3 rings (SSSR count). The number of halogens is 1. The first-order valence-electron chi connectivity index (χ1n) is 9.83. The monoisotopic (exact) mass is 483 g/mol. The standard InChI is InChI=1S/C23H22BrN3O4/c24-18-5-7-19(8-6-18)27-23(29)17(13-25)12-16-3-9-20(10-4-16)31-15-22(28)26-14-21-2-1-11-30-21/h3-10,12,21H,1-2,11,14-15H2,(H,26,28)(H,27,29)/b17-12+/t21-/m1/s1. The van der Waals surface area contributed by atoms with Crippen molar-refractivity contribution < 1.29 is 19.1 Å². The van der Waals surface area contributed by atoms with E-state index >= 15 is 0 Å². The molecule has 8 heteroatoms. The molecule has 1 fully saturated rings. The van der Waals surface area contributed by atoms with Crippen molar-refractivity contribution in [2.45, 2.75) is 18.9 Å². The molecular weight excluding hydrogens is 462 g/mol. The second-order valence-electron chi connectivity index (χ2n) is 6.93. The lowest BCUT2D eigenvalue weighted by Gasteiger charge is -2.11. The van der Waals surface area contributed by atoms with E-state index in [1.165, 1.54) is 6.08 Å². The number of carbonyl (C=O) groups excluding carboxylic acids is 2. The third kappa shape index (κ3) is 7.24. The number of anilines is 1. The zero-order valence-electron chi connectivity index (χ0n) is 16.8. The van der Waals surface area contributed by atoms with Gasteiger partial charge in [0, 0.05) is 23.3 Å². The number of nitrogens with zero attached hydrogens (tertiary/aromatic N) is 1. The highest BCUT2D eigenvalue weighted by Gasteiger charge is 2.16. The molecule has 1 heterocycles. The average molecular weight is 484 g/mol. The minimum Gasteiger partial charge on any atom is -0.484 e. The first kappa shape index (κ1) is 22.5. The Hall–Kier alpha value is -3.15. The lowest BCUT2D eigenvalue weighted by molar-refractivity contribution is -0.123. The Morgan fingerprint density at radius 3 is 2.58 bits per heavy atom. The number of carbonyl (C=O) groups is 2. The van der Waals surface area contributed by atoms with E-state index < -0.39 is 5.91 Å². The van der Waals surface area contributed by atoms with Gasteiger partial charge in [-0.3, -0.25) is 9.59 Å². The number of nitrogens with one attached hydrogen (secondary N) is 2. The van der Waals surface area contributed by atoms with Crippen LogP contribution in [0.15, 0.2) is 58.6 Å². The molecule has 0 radical (unpaired) electrons. The van der Waals surface area contributed by atoms with E-state index in [4.69, 9.17) is 9.47 Å². The Morgan fingerprint density at radius 2 is 1.94 bits per heavy atom. The van der Waals surface area contributed by atoms with E-state index in [1.807, 2.05) is 6.07 Å². The van der Waals surface area contributed by atoms with Gasteiger partial charge in [0.2, 0.25) is 0 Å². The van der Waals surface area contributed by atoms with Crippen molar-refractivity contribution >= 4 is 39.5 Å². The number of ether oxygens (including phenoxy) is 2. The maximum atomic E-state index is 12.3. The Labute approximate surface area is 189 Å².